The maximum atomic E-state index is 12.0. The van der Waals surface area contributed by atoms with Crippen molar-refractivity contribution in [1.82, 2.24) is 15.4 Å². The highest BCUT2D eigenvalue weighted by molar-refractivity contribution is 7.89. The van der Waals surface area contributed by atoms with Gasteiger partial charge in [0.1, 0.15) is 11.6 Å². The van der Waals surface area contributed by atoms with Gasteiger partial charge >= 0.3 is 7.12 Å². The van der Waals surface area contributed by atoms with E-state index in [1.165, 1.54) is 7.05 Å². The molecule has 1 aliphatic rings. The van der Waals surface area contributed by atoms with E-state index in [2.05, 4.69) is 15.4 Å². The SMILES string of the molecule is CCNC(=N)c1cccc2c1OB(O)[C@@H](NC(=O)CCS(=O)(=O)NC)C2. The van der Waals surface area contributed by atoms with Crippen LogP contribution in [-0.2, 0) is 21.2 Å². The molecule has 1 heterocycles. The van der Waals surface area contributed by atoms with Crippen molar-refractivity contribution in [2.45, 2.75) is 25.7 Å². The van der Waals surface area contributed by atoms with E-state index in [0.29, 0.717) is 24.3 Å². The molecule has 0 bridgehead atoms. The van der Waals surface area contributed by atoms with Gasteiger partial charge in [0, 0.05) is 13.0 Å². The van der Waals surface area contributed by atoms with Gasteiger partial charge in [0.2, 0.25) is 15.9 Å². The van der Waals surface area contributed by atoms with E-state index < -0.39 is 29.0 Å². The van der Waals surface area contributed by atoms with Gasteiger partial charge in [-0.25, -0.2) is 13.1 Å². The van der Waals surface area contributed by atoms with Gasteiger partial charge < -0.3 is 20.3 Å². The number of benzene rings is 1. The van der Waals surface area contributed by atoms with Gasteiger partial charge in [-0.3, -0.25) is 10.2 Å². The Hall–Kier alpha value is -2.11. The lowest BCUT2D eigenvalue weighted by Crippen LogP contribution is -2.53. The highest BCUT2D eigenvalue weighted by atomic mass is 32.2. The highest BCUT2D eigenvalue weighted by Crippen LogP contribution is 2.30. The first-order valence-corrected chi connectivity index (χ1v) is 9.92. The number of amides is 1. The number of fused-ring (bicyclic) bond motifs is 1. The normalized spacial score (nSPS) is 16.4. The van der Waals surface area contributed by atoms with Crippen LogP contribution in [0.4, 0.5) is 0 Å². The summed E-state index contributed by atoms with van der Waals surface area (Å²) in [5.74, 6) is -0.919. The van der Waals surface area contributed by atoms with Crippen LogP contribution in [0.15, 0.2) is 18.2 Å². The summed E-state index contributed by atoms with van der Waals surface area (Å²) in [5.41, 5.74) is 1.29. The van der Waals surface area contributed by atoms with Crippen molar-refractivity contribution in [2.75, 3.05) is 19.3 Å². The number of sulfonamides is 1. The standard InChI is InChI=1S/C15H23BN4O5S/c1-3-19-15(17)11-6-4-5-10-9-12(16(22)25-14(10)11)20-13(21)7-8-26(23,24)18-2/h4-6,12,18,22H,3,7-9H2,1-2H3,(H2,17,19)(H,20,21)/t12-/m0/s1. The van der Waals surface area contributed by atoms with E-state index in [1.807, 2.05) is 6.92 Å². The average Bonchev–Trinajstić information content (AvgIpc) is 2.60. The molecule has 0 saturated carbocycles. The van der Waals surface area contributed by atoms with Gasteiger partial charge in [0.25, 0.3) is 0 Å². The lowest BCUT2D eigenvalue weighted by Gasteiger charge is -2.29. The summed E-state index contributed by atoms with van der Waals surface area (Å²) in [6, 6.07) is 5.30. The quantitative estimate of drug-likeness (QED) is 0.233. The van der Waals surface area contributed by atoms with Crippen LogP contribution in [0, 0.1) is 5.41 Å². The summed E-state index contributed by atoms with van der Waals surface area (Å²) < 4.78 is 30.5. The zero-order valence-electron chi connectivity index (χ0n) is 14.7. The number of carbonyl (C=O) groups is 1. The maximum Gasteiger partial charge on any atom is 0.547 e. The van der Waals surface area contributed by atoms with E-state index in [4.69, 9.17) is 10.1 Å². The van der Waals surface area contributed by atoms with Gasteiger partial charge in [-0.05, 0) is 32.0 Å². The molecule has 26 heavy (non-hydrogen) atoms. The first kappa shape index (κ1) is 20.2. The fourth-order valence-electron chi connectivity index (χ4n) is 2.62. The first-order valence-electron chi connectivity index (χ1n) is 8.27. The molecule has 9 nitrogen and oxygen atoms in total. The van der Waals surface area contributed by atoms with Crippen LogP contribution in [0.1, 0.15) is 24.5 Å². The molecule has 0 unspecified atom stereocenters. The summed E-state index contributed by atoms with van der Waals surface area (Å²) >= 11 is 0. The molecule has 1 atom stereocenters. The van der Waals surface area contributed by atoms with Crippen LogP contribution >= 0.6 is 0 Å². The second-order valence-corrected chi connectivity index (χ2v) is 7.90. The second-order valence-electron chi connectivity index (χ2n) is 5.86. The largest absolute Gasteiger partial charge is 0.547 e. The highest BCUT2D eigenvalue weighted by Gasteiger charge is 2.37. The number of para-hydroxylation sites is 1. The summed E-state index contributed by atoms with van der Waals surface area (Å²) in [6.45, 7) is 2.46. The molecule has 1 aliphatic heterocycles. The van der Waals surface area contributed by atoms with Crippen molar-refractivity contribution in [3.05, 3.63) is 29.3 Å². The Bertz CT molecular complexity index is 786. The molecule has 142 valence electrons. The molecule has 2 rings (SSSR count). The fourth-order valence-corrected chi connectivity index (χ4v) is 3.28. The molecule has 0 spiro atoms. The molecular weight excluding hydrogens is 359 g/mol. The zero-order chi connectivity index (χ0) is 19.3. The number of hydrogen-bond acceptors (Lipinski definition) is 6. The first-order chi connectivity index (χ1) is 12.3. The minimum Gasteiger partial charge on any atom is -0.534 e. The third-order valence-electron chi connectivity index (χ3n) is 4.00. The molecular formula is C15H23BN4O5S. The lowest BCUT2D eigenvalue weighted by molar-refractivity contribution is -0.121. The van der Waals surface area contributed by atoms with E-state index in [9.17, 15) is 18.2 Å². The summed E-state index contributed by atoms with van der Waals surface area (Å²) in [5, 5.41) is 23.7. The van der Waals surface area contributed by atoms with Crippen molar-refractivity contribution < 1.29 is 22.9 Å². The molecule has 0 aromatic heterocycles. The smallest absolute Gasteiger partial charge is 0.534 e. The molecule has 5 N–H and O–H groups in total. The van der Waals surface area contributed by atoms with Crippen LogP contribution in [0.5, 0.6) is 5.75 Å². The zero-order valence-corrected chi connectivity index (χ0v) is 15.5. The van der Waals surface area contributed by atoms with E-state index in [-0.39, 0.29) is 18.0 Å². The predicted octanol–water partition coefficient (Wildman–Crippen LogP) is -1.000. The van der Waals surface area contributed by atoms with Crippen molar-refractivity contribution in [1.29, 1.82) is 5.41 Å². The number of hydrogen-bond donors (Lipinski definition) is 5. The lowest BCUT2D eigenvalue weighted by atomic mass is 9.72. The van der Waals surface area contributed by atoms with Crippen LogP contribution in [-0.4, -0.2) is 57.6 Å². The number of rotatable bonds is 7. The third kappa shape index (κ3) is 4.96. The Morgan fingerprint density at radius 3 is 2.85 bits per heavy atom. The molecule has 0 aliphatic carbocycles. The predicted molar refractivity (Wildman–Crippen MR) is 98.6 cm³/mol. The fraction of sp³-hybridized carbons (Fsp3) is 0.467. The summed E-state index contributed by atoms with van der Waals surface area (Å²) in [6.07, 6.45) is 0.0959. The van der Waals surface area contributed by atoms with E-state index >= 15 is 0 Å². The molecule has 0 radical (unpaired) electrons. The Balaban J connectivity index is 2.07. The molecule has 1 aromatic rings. The van der Waals surface area contributed by atoms with Crippen LogP contribution in [0.25, 0.3) is 0 Å². The van der Waals surface area contributed by atoms with Crippen molar-refractivity contribution in [2.24, 2.45) is 0 Å². The minimum absolute atomic E-state index is 0.191. The second kappa shape index (κ2) is 8.52. The summed E-state index contributed by atoms with van der Waals surface area (Å²) in [4.78, 5) is 12.0. The number of nitrogens with one attached hydrogen (secondary N) is 4. The van der Waals surface area contributed by atoms with E-state index in [0.717, 1.165) is 5.56 Å². The maximum absolute atomic E-state index is 12.0. The Labute approximate surface area is 153 Å². The molecule has 11 heteroatoms. The molecule has 1 aromatic carbocycles. The number of carbonyl (C=O) groups excluding carboxylic acids is 1. The van der Waals surface area contributed by atoms with Crippen molar-refractivity contribution in [3.63, 3.8) is 0 Å². The monoisotopic (exact) mass is 382 g/mol. The van der Waals surface area contributed by atoms with Crippen LogP contribution in [0.2, 0.25) is 0 Å². The minimum atomic E-state index is -3.47. The number of amidine groups is 1. The Morgan fingerprint density at radius 1 is 1.46 bits per heavy atom. The van der Waals surface area contributed by atoms with Crippen LogP contribution < -0.4 is 20.0 Å². The van der Waals surface area contributed by atoms with Gasteiger partial charge in [-0.15, -0.1) is 0 Å². The van der Waals surface area contributed by atoms with Crippen LogP contribution in [0.3, 0.4) is 0 Å². The van der Waals surface area contributed by atoms with Gasteiger partial charge in [0.05, 0.1) is 17.3 Å². The van der Waals surface area contributed by atoms with Crippen molar-refractivity contribution >= 4 is 28.9 Å². The Kier molecular flexibility index (Phi) is 6.62. The van der Waals surface area contributed by atoms with Gasteiger partial charge in [-0.1, -0.05) is 12.1 Å². The van der Waals surface area contributed by atoms with E-state index in [1.54, 1.807) is 18.2 Å². The van der Waals surface area contributed by atoms with Crippen molar-refractivity contribution in [3.8, 4) is 5.75 Å². The third-order valence-corrected chi connectivity index (χ3v) is 5.36. The topological polar surface area (TPSA) is 141 Å². The van der Waals surface area contributed by atoms with Gasteiger partial charge in [0.15, 0.2) is 0 Å². The molecule has 0 fully saturated rings. The molecule has 0 saturated heterocycles. The Morgan fingerprint density at radius 2 is 2.19 bits per heavy atom. The summed E-state index contributed by atoms with van der Waals surface area (Å²) in [7, 11) is -3.48. The molecule has 1 amide bonds. The van der Waals surface area contributed by atoms with Gasteiger partial charge in [-0.2, -0.15) is 0 Å². The average molecular weight is 382 g/mol.